The molecule has 0 saturated carbocycles. The molecule has 23 heavy (non-hydrogen) atoms. The fourth-order valence-corrected chi connectivity index (χ4v) is 1.91. The van der Waals surface area contributed by atoms with Crippen LogP contribution in [0.2, 0.25) is 0 Å². The Bertz CT molecular complexity index is 614. The number of urea groups is 1. The Balaban J connectivity index is 1.88. The van der Waals surface area contributed by atoms with Gasteiger partial charge < -0.3 is 20.5 Å². The highest BCUT2D eigenvalue weighted by molar-refractivity contribution is 5.89. The summed E-state index contributed by atoms with van der Waals surface area (Å²) in [6.07, 6.45) is 0. The largest absolute Gasteiger partial charge is 0.457 e. The number of hydrogen-bond acceptors (Lipinski definition) is 3. The Morgan fingerprint density at radius 3 is 2.26 bits per heavy atom. The van der Waals surface area contributed by atoms with Gasteiger partial charge in [0, 0.05) is 18.3 Å². The minimum absolute atomic E-state index is 0.00222. The van der Waals surface area contributed by atoms with Gasteiger partial charge in [0.15, 0.2) is 0 Å². The molecule has 0 saturated heterocycles. The molecule has 0 aliphatic heterocycles. The Kier molecular flexibility index (Phi) is 6.00. The van der Waals surface area contributed by atoms with Gasteiger partial charge in [-0.3, -0.25) is 0 Å². The lowest BCUT2D eigenvalue weighted by molar-refractivity contribution is 0.204. The van der Waals surface area contributed by atoms with E-state index in [2.05, 4.69) is 10.6 Å². The number of para-hydroxylation sites is 1. The maximum atomic E-state index is 11.9. The highest BCUT2D eigenvalue weighted by atomic mass is 16.5. The van der Waals surface area contributed by atoms with Gasteiger partial charge >= 0.3 is 6.03 Å². The third-order valence-electron chi connectivity index (χ3n) is 3.59. The van der Waals surface area contributed by atoms with Crippen LogP contribution in [0, 0.1) is 5.92 Å². The molecule has 2 unspecified atom stereocenters. The molecule has 0 aliphatic carbocycles. The highest BCUT2D eigenvalue weighted by Gasteiger charge is 2.13. The van der Waals surface area contributed by atoms with Gasteiger partial charge in [-0.2, -0.15) is 0 Å². The van der Waals surface area contributed by atoms with Crippen LogP contribution in [0.3, 0.4) is 0 Å². The molecule has 5 heteroatoms. The second kappa shape index (κ2) is 8.19. The summed E-state index contributed by atoms with van der Waals surface area (Å²) in [5.74, 6) is 1.46. The van der Waals surface area contributed by atoms with E-state index in [0.717, 1.165) is 5.75 Å². The maximum Gasteiger partial charge on any atom is 0.319 e. The van der Waals surface area contributed by atoms with Crippen molar-refractivity contribution in [3.05, 3.63) is 54.6 Å². The molecule has 0 spiro atoms. The first-order chi connectivity index (χ1) is 11.1. The Labute approximate surface area is 136 Å². The SMILES string of the molecule is CC(CO)C(C)NC(=O)Nc1ccc(Oc2ccccc2)cc1. The number of carbonyl (C=O) groups excluding carboxylic acids is 1. The predicted octanol–water partition coefficient (Wildman–Crippen LogP) is 3.62. The van der Waals surface area contributed by atoms with Gasteiger partial charge in [0.05, 0.1) is 0 Å². The zero-order chi connectivity index (χ0) is 16.7. The molecule has 2 rings (SSSR count). The molecule has 0 radical (unpaired) electrons. The van der Waals surface area contributed by atoms with Crippen molar-refractivity contribution in [3.63, 3.8) is 0 Å². The van der Waals surface area contributed by atoms with Gasteiger partial charge in [0.2, 0.25) is 0 Å². The monoisotopic (exact) mass is 314 g/mol. The van der Waals surface area contributed by atoms with E-state index in [4.69, 9.17) is 9.84 Å². The summed E-state index contributed by atoms with van der Waals surface area (Å²) in [4.78, 5) is 11.9. The third-order valence-corrected chi connectivity index (χ3v) is 3.59. The van der Waals surface area contributed by atoms with E-state index in [1.807, 2.05) is 44.2 Å². The number of benzene rings is 2. The number of anilines is 1. The number of carbonyl (C=O) groups is 1. The molecule has 5 nitrogen and oxygen atoms in total. The van der Waals surface area contributed by atoms with E-state index in [-0.39, 0.29) is 24.6 Å². The quantitative estimate of drug-likeness (QED) is 0.762. The smallest absolute Gasteiger partial charge is 0.319 e. The fraction of sp³-hybridized carbons (Fsp3) is 0.278. The van der Waals surface area contributed by atoms with E-state index in [1.54, 1.807) is 24.3 Å². The van der Waals surface area contributed by atoms with Gasteiger partial charge in [-0.05, 0) is 49.2 Å². The topological polar surface area (TPSA) is 70.6 Å². The molecule has 0 heterocycles. The van der Waals surface area contributed by atoms with Gasteiger partial charge in [-0.1, -0.05) is 25.1 Å². The van der Waals surface area contributed by atoms with Crippen molar-refractivity contribution in [2.24, 2.45) is 5.92 Å². The molecule has 2 aromatic carbocycles. The number of amides is 2. The molecule has 3 N–H and O–H groups in total. The van der Waals surface area contributed by atoms with Crippen molar-refractivity contribution >= 4 is 11.7 Å². The molecule has 0 fully saturated rings. The number of hydrogen-bond donors (Lipinski definition) is 3. The Hall–Kier alpha value is -2.53. The maximum absolute atomic E-state index is 11.9. The fourth-order valence-electron chi connectivity index (χ4n) is 1.91. The van der Waals surface area contributed by atoms with Crippen LogP contribution in [-0.4, -0.2) is 23.8 Å². The molecule has 2 atom stereocenters. The number of nitrogens with one attached hydrogen (secondary N) is 2. The van der Waals surface area contributed by atoms with Crippen molar-refractivity contribution in [1.29, 1.82) is 0 Å². The van der Waals surface area contributed by atoms with Crippen molar-refractivity contribution in [2.75, 3.05) is 11.9 Å². The van der Waals surface area contributed by atoms with Crippen LogP contribution in [0.5, 0.6) is 11.5 Å². The molecule has 0 aromatic heterocycles. The number of ether oxygens (including phenoxy) is 1. The lowest BCUT2D eigenvalue weighted by Crippen LogP contribution is -2.40. The van der Waals surface area contributed by atoms with Gasteiger partial charge in [0.1, 0.15) is 11.5 Å². The van der Waals surface area contributed by atoms with E-state index >= 15 is 0 Å². The predicted molar refractivity (Wildman–Crippen MR) is 90.8 cm³/mol. The van der Waals surface area contributed by atoms with Crippen LogP contribution in [0.4, 0.5) is 10.5 Å². The summed E-state index contributed by atoms with van der Waals surface area (Å²) in [5.41, 5.74) is 0.673. The van der Waals surface area contributed by atoms with Crippen LogP contribution >= 0.6 is 0 Å². The Morgan fingerprint density at radius 1 is 1.04 bits per heavy atom. The second-order valence-corrected chi connectivity index (χ2v) is 5.49. The van der Waals surface area contributed by atoms with E-state index < -0.39 is 0 Å². The van der Waals surface area contributed by atoms with Crippen LogP contribution in [0.1, 0.15) is 13.8 Å². The van der Waals surface area contributed by atoms with Crippen LogP contribution in [0.25, 0.3) is 0 Å². The first-order valence-corrected chi connectivity index (χ1v) is 7.60. The zero-order valence-corrected chi connectivity index (χ0v) is 13.3. The van der Waals surface area contributed by atoms with Crippen molar-refractivity contribution < 1.29 is 14.6 Å². The van der Waals surface area contributed by atoms with Crippen LogP contribution in [-0.2, 0) is 0 Å². The standard InChI is InChI=1S/C18H22N2O3/c1-13(12-21)14(2)19-18(22)20-15-8-10-17(11-9-15)23-16-6-4-3-5-7-16/h3-11,13-14,21H,12H2,1-2H3,(H2,19,20,22). The molecule has 2 aromatic rings. The summed E-state index contributed by atoms with van der Waals surface area (Å²) in [6.45, 7) is 3.77. The van der Waals surface area contributed by atoms with Crippen LogP contribution < -0.4 is 15.4 Å². The molecule has 0 aliphatic rings. The molecular formula is C18H22N2O3. The molecule has 0 bridgehead atoms. The summed E-state index contributed by atoms with van der Waals surface area (Å²) < 4.78 is 5.69. The first-order valence-electron chi connectivity index (χ1n) is 7.60. The van der Waals surface area contributed by atoms with Gasteiger partial charge in [-0.25, -0.2) is 4.79 Å². The van der Waals surface area contributed by atoms with E-state index in [0.29, 0.717) is 11.4 Å². The molecule has 122 valence electrons. The highest BCUT2D eigenvalue weighted by Crippen LogP contribution is 2.22. The third kappa shape index (κ3) is 5.30. The zero-order valence-electron chi connectivity index (χ0n) is 13.3. The number of aliphatic hydroxyl groups is 1. The number of rotatable bonds is 6. The summed E-state index contributed by atoms with van der Waals surface area (Å²) in [7, 11) is 0. The molecular weight excluding hydrogens is 292 g/mol. The van der Waals surface area contributed by atoms with Crippen molar-refractivity contribution in [1.82, 2.24) is 5.32 Å². The van der Waals surface area contributed by atoms with Gasteiger partial charge in [0.25, 0.3) is 0 Å². The Morgan fingerprint density at radius 2 is 1.65 bits per heavy atom. The van der Waals surface area contributed by atoms with Crippen molar-refractivity contribution in [3.8, 4) is 11.5 Å². The minimum Gasteiger partial charge on any atom is -0.457 e. The average molecular weight is 314 g/mol. The summed E-state index contributed by atoms with van der Waals surface area (Å²) in [5, 5.41) is 14.6. The van der Waals surface area contributed by atoms with E-state index in [1.165, 1.54) is 0 Å². The minimum atomic E-state index is -0.297. The molecule has 2 amide bonds. The summed E-state index contributed by atoms with van der Waals surface area (Å²) in [6, 6.07) is 16.2. The summed E-state index contributed by atoms with van der Waals surface area (Å²) >= 11 is 0. The van der Waals surface area contributed by atoms with Crippen molar-refractivity contribution in [2.45, 2.75) is 19.9 Å². The number of aliphatic hydroxyl groups excluding tert-OH is 1. The lowest BCUT2D eigenvalue weighted by atomic mass is 10.1. The van der Waals surface area contributed by atoms with Gasteiger partial charge in [-0.15, -0.1) is 0 Å². The first kappa shape index (κ1) is 16.8. The lowest BCUT2D eigenvalue weighted by Gasteiger charge is -2.19. The second-order valence-electron chi connectivity index (χ2n) is 5.49. The van der Waals surface area contributed by atoms with Crippen LogP contribution in [0.15, 0.2) is 54.6 Å². The van der Waals surface area contributed by atoms with E-state index in [9.17, 15) is 4.79 Å². The normalized spacial score (nSPS) is 13.0. The average Bonchev–Trinajstić information content (AvgIpc) is 2.56.